The predicted octanol–water partition coefficient (Wildman–Crippen LogP) is 4.13. The predicted molar refractivity (Wildman–Crippen MR) is 122 cm³/mol. The minimum Gasteiger partial charge on any atom is -0.482 e. The molecule has 31 heavy (non-hydrogen) atoms. The van der Waals surface area contributed by atoms with E-state index in [1.165, 1.54) is 0 Å². The molecule has 0 unspecified atom stereocenters. The summed E-state index contributed by atoms with van der Waals surface area (Å²) in [5.41, 5.74) is 1.84. The summed E-state index contributed by atoms with van der Waals surface area (Å²) in [5.74, 6) is 0.149. The van der Waals surface area contributed by atoms with Gasteiger partial charge >= 0.3 is 5.63 Å². The molecule has 1 aromatic carbocycles. The summed E-state index contributed by atoms with van der Waals surface area (Å²) in [7, 11) is 0. The van der Waals surface area contributed by atoms with Gasteiger partial charge in [-0.25, -0.2) is 4.79 Å². The van der Waals surface area contributed by atoms with Crippen molar-refractivity contribution in [3.8, 4) is 5.75 Å². The molecule has 1 aliphatic carbocycles. The second kappa shape index (κ2) is 8.14. The Hall–Kier alpha value is -2.05. The highest BCUT2D eigenvalue weighted by molar-refractivity contribution is 6.32. The molecule has 0 spiro atoms. The number of ether oxygens (including phenoxy) is 1. The lowest BCUT2D eigenvalue weighted by atomic mass is 9.79. The Labute approximate surface area is 187 Å². The second-order valence-electron chi connectivity index (χ2n) is 10.2. The van der Waals surface area contributed by atoms with Crippen molar-refractivity contribution in [2.45, 2.75) is 83.3 Å². The maximum Gasteiger partial charge on any atom is 0.339 e. The van der Waals surface area contributed by atoms with Crippen LogP contribution in [0.15, 0.2) is 21.3 Å². The highest BCUT2D eigenvalue weighted by Gasteiger charge is 2.38. The Morgan fingerprint density at radius 1 is 1.16 bits per heavy atom. The number of aryl methyl sites for hydroxylation is 1. The standard InChI is InChI=1S/C24H31ClN2O4/c1-23(2)11-14(12-24(3,4)27-23)26-21(28)13-30-20-10-19-17(9-18(20)25)15-7-5-6-8-16(15)22(29)31-19/h9-10,14,27H,5-8,11-13H2,1-4H3,(H,26,28). The van der Waals surface area contributed by atoms with E-state index in [1.54, 1.807) is 12.1 Å². The molecular weight excluding hydrogens is 416 g/mol. The molecule has 1 fully saturated rings. The summed E-state index contributed by atoms with van der Waals surface area (Å²) in [6.45, 7) is 8.43. The molecule has 168 valence electrons. The number of benzene rings is 1. The van der Waals surface area contributed by atoms with Crippen LogP contribution in [0, 0.1) is 0 Å². The smallest absolute Gasteiger partial charge is 0.339 e. The monoisotopic (exact) mass is 446 g/mol. The summed E-state index contributed by atoms with van der Waals surface area (Å²) in [6, 6.07) is 3.48. The van der Waals surface area contributed by atoms with E-state index in [4.69, 9.17) is 20.8 Å². The highest BCUT2D eigenvalue weighted by Crippen LogP contribution is 2.34. The van der Waals surface area contributed by atoms with Gasteiger partial charge in [-0.1, -0.05) is 11.6 Å². The zero-order valence-electron chi connectivity index (χ0n) is 18.7. The first-order valence-corrected chi connectivity index (χ1v) is 11.4. The van der Waals surface area contributed by atoms with Gasteiger partial charge in [-0.15, -0.1) is 0 Å². The van der Waals surface area contributed by atoms with E-state index in [-0.39, 0.29) is 35.3 Å². The Morgan fingerprint density at radius 2 is 1.81 bits per heavy atom. The van der Waals surface area contributed by atoms with Gasteiger partial charge in [-0.2, -0.15) is 0 Å². The lowest BCUT2D eigenvalue weighted by Crippen LogP contribution is -2.62. The number of halogens is 1. The second-order valence-corrected chi connectivity index (χ2v) is 10.6. The van der Waals surface area contributed by atoms with Crippen LogP contribution in [0.1, 0.15) is 64.5 Å². The highest BCUT2D eigenvalue weighted by atomic mass is 35.5. The number of rotatable bonds is 4. The first kappa shape index (κ1) is 22.2. The summed E-state index contributed by atoms with van der Waals surface area (Å²) < 4.78 is 11.2. The van der Waals surface area contributed by atoms with Gasteiger partial charge in [0.15, 0.2) is 6.61 Å². The average molecular weight is 447 g/mol. The van der Waals surface area contributed by atoms with Crippen molar-refractivity contribution in [1.29, 1.82) is 0 Å². The van der Waals surface area contributed by atoms with Gasteiger partial charge in [0.1, 0.15) is 11.3 Å². The molecule has 4 rings (SSSR count). The lowest BCUT2D eigenvalue weighted by molar-refractivity contribution is -0.124. The van der Waals surface area contributed by atoms with Gasteiger partial charge in [0.05, 0.1) is 5.02 Å². The summed E-state index contributed by atoms with van der Waals surface area (Å²) in [6.07, 6.45) is 5.32. The first-order valence-electron chi connectivity index (χ1n) is 11.0. The zero-order chi connectivity index (χ0) is 22.4. The molecule has 1 amide bonds. The molecule has 0 saturated carbocycles. The summed E-state index contributed by atoms with van der Waals surface area (Å²) in [5, 5.41) is 7.96. The van der Waals surface area contributed by atoms with E-state index >= 15 is 0 Å². The van der Waals surface area contributed by atoms with Gasteiger partial charge in [0.25, 0.3) is 5.91 Å². The fourth-order valence-corrected chi connectivity index (χ4v) is 5.61. The van der Waals surface area contributed by atoms with Crippen LogP contribution >= 0.6 is 11.6 Å². The quantitative estimate of drug-likeness (QED) is 0.690. The summed E-state index contributed by atoms with van der Waals surface area (Å²) >= 11 is 6.45. The van der Waals surface area contributed by atoms with E-state index in [1.807, 2.05) is 0 Å². The molecule has 2 aliphatic rings. The van der Waals surface area contributed by atoms with Crippen molar-refractivity contribution < 1.29 is 13.9 Å². The fourth-order valence-electron chi connectivity index (χ4n) is 5.39. The topological polar surface area (TPSA) is 80.6 Å². The third-order valence-electron chi connectivity index (χ3n) is 6.19. The fraction of sp³-hybridized carbons (Fsp3) is 0.583. The van der Waals surface area contributed by atoms with Crippen LogP contribution in [-0.2, 0) is 17.6 Å². The third kappa shape index (κ3) is 4.90. The number of fused-ring (bicyclic) bond motifs is 3. The van der Waals surface area contributed by atoms with E-state index in [2.05, 4.69) is 38.3 Å². The maximum atomic E-state index is 12.6. The molecule has 6 nitrogen and oxygen atoms in total. The maximum absolute atomic E-state index is 12.6. The third-order valence-corrected chi connectivity index (χ3v) is 6.49. The van der Waals surface area contributed by atoms with Crippen molar-refractivity contribution in [2.75, 3.05) is 6.61 Å². The number of carbonyl (C=O) groups is 1. The lowest BCUT2D eigenvalue weighted by Gasteiger charge is -2.46. The molecule has 1 aliphatic heterocycles. The molecule has 7 heteroatoms. The Kier molecular flexibility index (Phi) is 5.81. The van der Waals surface area contributed by atoms with Crippen molar-refractivity contribution in [2.24, 2.45) is 0 Å². The molecule has 2 aromatic rings. The van der Waals surface area contributed by atoms with Gasteiger partial charge in [0, 0.05) is 34.1 Å². The van der Waals surface area contributed by atoms with Crippen LogP contribution in [0.5, 0.6) is 5.75 Å². The van der Waals surface area contributed by atoms with E-state index in [9.17, 15) is 9.59 Å². The van der Waals surface area contributed by atoms with Crippen LogP contribution in [-0.4, -0.2) is 29.6 Å². The van der Waals surface area contributed by atoms with E-state index in [0.29, 0.717) is 16.4 Å². The van der Waals surface area contributed by atoms with Crippen molar-refractivity contribution in [1.82, 2.24) is 10.6 Å². The minimum atomic E-state index is -0.288. The van der Waals surface area contributed by atoms with E-state index < -0.39 is 0 Å². The Morgan fingerprint density at radius 3 is 2.48 bits per heavy atom. The largest absolute Gasteiger partial charge is 0.482 e. The number of hydrogen-bond acceptors (Lipinski definition) is 5. The van der Waals surface area contributed by atoms with Crippen molar-refractivity contribution >= 4 is 28.5 Å². The van der Waals surface area contributed by atoms with Crippen LogP contribution < -0.4 is 21.0 Å². The van der Waals surface area contributed by atoms with Gasteiger partial charge in [0.2, 0.25) is 0 Å². The molecule has 1 saturated heterocycles. The van der Waals surface area contributed by atoms with Gasteiger partial charge in [-0.05, 0) is 77.8 Å². The van der Waals surface area contributed by atoms with Crippen LogP contribution in [0.4, 0.5) is 0 Å². The molecule has 0 bridgehead atoms. The molecule has 2 heterocycles. The molecule has 0 atom stereocenters. The van der Waals surface area contributed by atoms with E-state index in [0.717, 1.165) is 55.0 Å². The molecule has 0 radical (unpaired) electrons. The number of hydrogen-bond donors (Lipinski definition) is 2. The SMILES string of the molecule is CC1(C)CC(NC(=O)COc2cc3oc(=O)c4c(c3cc2Cl)CCCC4)CC(C)(C)N1. The van der Waals surface area contributed by atoms with Crippen LogP contribution in [0.25, 0.3) is 11.0 Å². The number of amides is 1. The van der Waals surface area contributed by atoms with Gasteiger partial charge in [-0.3, -0.25) is 4.79 Å². The number of piperidine rings is 1. The average Bonchev–Trinajstić information content (AvgIpc) is 2.65. The Balaban J connectivity index is 1.47. The molecule has 2 N–H and O–H groups in total. The molecular formula is C24H31ClN2O4. The summed E-state index contributed by atoms with van der Waals surface area (Å²) in [4.78, 5) is 24.9. The Bertz CT molecular complexity index is 1060. The number of nitrogens with one attached hydrogen (secondary N) is 2. The van der Waals surface area contributed by atoms with Gasteiger partial charge < -0.3 is 19.8 Å². The van der Waals surface area contributed by atoms with Crippen LogP contribution in [0.2, 0.25) is 5.02 Å². The number of carbonyl (C=O) groups excluding carboxylic acids is 1. The molecule has 1 aromatic heterocycles. The minimum absolute atomic E-state index is 0.0567. The van der Waals surface area contributed by atoms with Crippen LogP contribution in [0.3, 0.4) is 0 Å². The first-order chi connectivity index (χ1) is 14.5. The normalized spacial score (nSPS) is 20.3. The van der Waals surface area contributed by atoms with Crippen molar-refractivity contribution in [3.63, 3.8) is 0 Å². The van der Waals surface area contributed by atoms with Crippen molar-refractivity contribution in [3.05, 3.63) is 38.7 Å². The zero-order valence-corrected chi connectivity index (χ0v) is 19.4.